The second-order valence-electron chi connectivity index (χ2n) is 5.61. The molecule has 1 saturated heterocycles. The second kappa shape index (κ2) is 6.01. The van der Waals surface area contributed by atoms with E-state index >= 15 is 0 Å². The Morgan fingerprint density at radius 2 is 2.21 bits per heavy atom. The summed E-state index contributed by atoms with van der Waals surface area (Å²) in [6, 6.07) is 0.501. The van der Waals surface area contributed by atoms with E-state index in [1.807, 2.05) is 0 Å². The minimum absolute atomic E-state index is 0.324. The van der Waals surface area contributed by atoms with Gasteiger partial charge in [0.15, 0.2) is 5.82 Å². The summed E-state index contributed by atoms with van der Waals surface area (Å²) in [5.41, 5.74) is 0. The number of hydrogen-bond donors (Lipinski definition) is 1. The molecule has 3 atom stereocenters. The van der Waals surface area contributed by atoms with Crippen LogP contribution in [-0.4, -0.2) is 35.9 Å². The minimum Gasteiger partial charge on any atom is -0.381 e. The maximum atomic E-state index is 5.52. The van der Waals surface area contributed by atoms with E-state index < -0.39 is 0 Å². The van der Waals surface area contributed by atoms with Crippen LogP contribution in [0.15, 0.2) is 4.52 Å². The van der Waals surface area contributed by atoms with E-state index in [1.165, 1.54) is 12.8 Å². The van der Waals surface area contributed by atoms with E-state index in [0.717, 1.165) is 50.7 Å². The highest BCUT2D eigenvalue weighted by molar-refractivity contribution is 5.05. The van der Waals surface area contributed by atoms with Crippen molar-refractivity contribution in [3.05, 3.63) is 11.7 Å². The smallest absolute Gasteiger partial charge is 0.231 e. The number of aromatic nitrogens is 2. The quantitative estimate of drug-likeness (QED) is 0.904. The number of hydrogen-bond acceptors (Lipinski definition) is 5. The lowest BCUT2D eigenvalue weighted by Crippen LogP contribution is -2.31. The number of likely N-dealkylation sites (N-methyl/N-ethyl adjacent to an activating group) is 1. The number of nitrogens with zero attached hydrogens (tertiary/aromatic N) is 2. The van der Waals surface area contributed by atoms with Gasteiger partial charge in [-0.1, -0.05) is 18.5 Å². The standard InChI is InChI=1S/C14H23N3O2/c1-2-15-12-7-3-6-11(12)14-16-13(17-19-14)10-5-4-8-18-9-10/h10-12,15H,2-9H2,1H3. The average molecular weight is 265 g/mol. The SMILES string of the molecule is CCNC1CCCC1c1nc(C2CCCOC2)no1. The lowest BCUT2D eigenvalue weighted by Gasteiger charge is -2.18. The molecule has 19 heavy (non-hydrogen) atoms. The monoisotopic (exact) mass is 265 g/mol. The van der Waals surface area contributed by atoms with Crippen LogP contribution in [0.1, 0.15) is 62.6 Å². The normalized spacial score (nSPS) is 31.7. The van der Waals surface area contributed by atoms with E-state index in [9.17, 15) is 0 Å². The molecular formula is C14H23N3O2. The number of rotatable bonds is 4. The molecule has 0 aromatic carbocycles. The van der Waals surface area contributed by atoms with Crippen molar-refractivity contribution in [2.24, 2.45) is 0 Å². The molecule has 1 aromatic rings. The molecule has 1 N–H and O–H groups in total. The first kappa shape index (κ1) is 13.1. The molecule has 3 rings (SSSR count). The van der Waals surface area contributed by atoms with E-state index in [-0.39, 0.29) is 0 Å². The van der Waals surface area contributed by atoms with Crippen molar-refractivity contribution in [2.75, 3.05) is 19.8 Å². The summed E-state index contributed by atoms with van der Waals surface area (Å²) in [5, 5.41) is 7.71. The summed E-state index contributed by atoms with van der Waals surface area (Å²) in [7, 11) is 0. The second-order valence-corrected chi connectivity index (χ2v) is 5.61. The Morgan fingerprint density at radius 1 is 1.26 bits per heavy atom. The Kier molecular flexibility index (Phi) is 4.13. The van der Waals surface area contributed by atoms with Crippen molar-refractivity contribution in [3.63, 3.8) is 0 Å². The highest BCUT2D eigenvalue weighted by Crippen LogP contribution is 2.34. The van der Waals surface area contributed by atoms with Gasteiger partial charge in [-0.05, 0) is 32.2 Å². The molecule has 3 unspecified atom stereocenters. The van der Waals surface area contributed by atoms with Crippen LogP contribution < -0.4 is 5.32 Å². The van der Waals surface area contributed by atoms with Crippen molar-refractivity contribution in [1.82, 2.24) is 15.5 Å². The zero-order chi connectivity index (χ0) is 13.1. The maximum absolute atomic E-state index is 5.52. The fourth-order valence-electron chi connectivity index (χ4n) is 3.27. The van der Waals surface area contributed by atoms with E-state index in [4.69, 9.17) is 9.26 Å². The van der Waals surface area contributed by atoms with Crippen LogP contribution in [-0.2, 0) is 4.74 Å². The average Bonchev–Trinajstić information content (AvgIpc) is 3.08. The molecule has 2 heterocycles. The van der Waals surface area contributed by atoms with Crippen LogP contribution in [0.25, 0.3) is 0 Å². The summed E-state index contributed by atoms with van der Waals surface area (Å²) in [4.78, 5) is 4.65. The molecule has 0 bridgehead atoms. The van der Waals surface area contributed by atoms with Gasteiger partial charge in [0, 0.05) is 18.6 Å². The van der Waals surface area contributed by atoms with Crippen molar-refractivity contribution in [1.29, 1.82) is 0 Å². The molecule has 1 aliphatic heterocycles. The van der Waals surface area contributed by atoms with E-state index in [0.29, 0.717) is 17.9 Å². The van der Waals surface area contributed by atoms with Crippen LogP contribution in [0.4, 0.5) is 0 Å². The van der Waals surface area contributed by atoms with Crippen LogP contribution in [0.2, 0.25) is 0 Å². The molecule has 5 nitrogen and oxygen atoms in total. The van der Waals surface area contributed by atoms with Gasteiger partial charge in [-0.3, -0.25) is 0 Å². The lowest BCUT2D eigenvalue weighted by molar-refractivity contribution is 0.0773. The van der Waals surface area contributed by atoms with Gasteiger partial charge in [-0.25, -0.2) is 0 Å². The summed E-state index contributed by atoms with van der Waals surface area (Å²) in [6.45, 7) is 4.75. The first-order chi connectivity index (χ1) is 9.38. The molecule has 1 aromatic heterocycles. The molecule has 1 saturated carbocycles. The molecule has 0 radical (unpaired) electrons. The molecular weight excluding hydrogens is 242 g/mol. The van der Waals surface area contributed by atoms with Crippen molar-refractivity contribution in [2.45, 2.75) is 56.9 Å². The van der Waals surface area contributed by atoms with Crippen LogP contribution >= 0.6 is 0 Å². The molecule has 1 aliphatic carbocycles. The maximum Gasteiger partial charge on any atom is 0.231 e. The van der Waals surface area contributed by atoms with Gasteiger partial charge in [0.2, 0.25) is 5.89 Å². The van der Waals surface area contributed by atoms with Gasteiger partial charge in [-0.2, -0.15) is 4.98 Å². The van der Waals surface area contributed by atoms with Crippen molar-refractivity contribution >= 4 is 0 Å². The third-order valence-corrected chi connectivity index (χ3v) is 4.28. The zero-order valence-corrected chi connectivity index (χ0v) is 11.6. The van der Waals surface area contributed by atoms with E-state index in [1.54, 1.807) is 0 Å². The Morgan fingerprint density at radius 3 is 3.00 bits per heavy atom. The van der Waals surface area contributed by atoms with Crippen LogP contribution in [0.5, 0.6) is 0 Å². The molecule has 0 amide bonds. The Balaban J connectivity index is 1.69. The fraction of sp³-hybridized carbons (Fsp3) is 0.857. The first-order valence-electron chi connectivity index (χ1n) is 7.53. The van der Waals surface area contributed by atoms with Gasteiger partial charge in [-0.15, -0.1) is 0 Å². The third-order valence-electron chi connectivity index (χ3n) is 4.28. The summed E-state index contributed by atoms with van der Waals surface area (Å²) >= 11 is 0. The topological polar surface area (TPSA) is 60.2 Å². The fourth-order valence-corrected chi connectivity index (χ4v) is 3.27. The van der Waals surface area contributed by atoms with Gasteiger partial charge < -0.3 is 14.6 Å². The van der Waals surface area contributed by atoms with Crippen LogP contribution in [0, 0.1) is 0 Å². The molecule has 0 spiro atoms. The Labute approximate surface area is 114 Å². The molecule has 5 heteroatoms. The zero-order valence-electron chi connectivity index (χ0n) is 11.6. The molecule has 106 valence electrons. The van der Waals surface area contributed by atoms with Crippen LogP contribution in [0.3, 0.4) is 0 Å². The predicted octanol–water partition coefficient (Wildman–Crippen LogP) is 2.21. The molecule has 2 fully saturated rings. The highest BCUT2D eigenvalue weighted by atomic mass is 16.5. The Bertz CT molecular complexity index is 401. The van der Waals surface area contributed by atoms with Crippen molar-refractivity contribution < 1.29 is 9.26 Å². The largest absolute Gasteiger partial charge is 0.381 e. The highest BCUT2D eigenvalue weighted by Gasteiger charge is 2.33. The lowest BCUT2D eigenvalue weighted by atomic mass is 10.0. The van der Waals surface area contributed by atoms with Gasteiger partial charge in [0.25, 0.3) is 0 Å². The number of nitrogens with one attached hydrogen (secondary N) is 1. The van der Waals surface area contributed by atoms with Gasteiger partial charge in [0.05, 0.1) is 12.5 Å². The first-order valence-corrected chi connectivity index (χ1v) is 7.53. The Hall–Kier alpha value is -0.940. The molecule has 2 aliphatic rings. The van der Waals surface area contributed by atoms with E-state index in [2.05, 4.69) is 22.4 Å². The predicted molar refractivity (Wildman–Crippen MR) is 71.1 cm³/mol. The van der Waals surface area contributed by atoms with Gasteiger partial charge >= 0.3 is 0 Å². The summed E-state index contributed by atoms with van der Waals surface area (Å²) in [5.74, 6) is 2.39. The van der Waals surface area contributed by atoms with Crippen molar-refractivity contribution in [3.8, 4) is 0 Å². The minimum atomic E-state index is 0.324. The summed E-state index contributed by atoms with van der Waals surface area (Å²) < 4.78 is 11.0. The number of ether oxygens (including phenoxy) is 1. The summed E-state index contributed by atoms with van der Waals surface area (Å²) in [6.07, 6.45) is 5.81. The third kappa shape index (κ3) is 2.82. The van der Waals surface area contributed by atoms with Gasteiger partial charge in [0.1, 0.15) is 0 Å².